The highest BCUT2D eigenvalue weighted by Gasteiger charge is 2.38. The molecule has 17 N–H and O–H groups in total. The van der Waals surface area contributed by atoms with Gasteiger partial charge in [0.05, 0.1) is 49.3 Å². The van der Waals surface area contributed by atoms with Gasteiger partial charge in [-0.1, -0.05) is 84.9 Å². The lowest BCUT2D eigenvalue weighted by Gasteiger charge is -2.38. The average Bonchev–Trinajstić information content (AvgIpc) is 0.810. The van der Waals surface area contributed by atoms with E-state index in [1.54, 1.807) is 72.7 Å². The number of amides is 14. The second-order valence-corrected chi connectivity index (χ2v) is 25.7. The van der Waals surface area contributed by atoms with Crippen LogP contribution in [-0.2, 0) is 33.6 Å². The van der Waals surface area contributed by atoms with E-state index < -0.39 is 164 Å². The SMILES string of the molecule is C[C@H](NCC(=O)N(CC(=O)N(CC(=O)N(CC(=O)N(CC(=O)N(CC(=O)N(CC(N)=O)[C@@H](C)c1ccc(C(N)=O)cc1)[C@@H](C)c1ccc(C(N)=O)cc1)[C@@H](C)c1ccc(C(N)=O)cc1)[C@@H](C)c1ccc(C(N)=O)cc1)[C@@H](C)c1ccc(C(N)=O)cc1)[C@@H](C)c1ccc(C(N)=O)cc1)c1ccc(C(N)=O)cc1. The predicted octanol–water partition coefficient (Wildman–Crippen LogP) is 4.05. The number of carbonyl (C=O) groups excluding carboxylic acids is 14. The van der Waals surface area contributed by atoms with E-state index in [-0.39, 0.29) is 45.5 Å². The molecule has 14 amide bonds. The van der Waals surface area contributed by atoms with Crippen molar-refractivity contribution in [3.63, 3.8) is 0 Å². The number of hydrogen-bond donors (Lipinski definition) is 9. The molecule has 7 atom stereocenters. The topological polar surface area (TPSA) is 479 Å². The summed E-state index contributed by atoms with van der Waals surface area (Å²) in [6.07, 6.45) is 0. The highest BCUT2D eigenvalue weighted by molar-refractivity contribution is 5.98. The molecule has 0 aliphatic rings. The lowest BCUT2D eigenvalue weighted by molar-refractivity contribution is -0.152. The minimum absolute atomic E-state index is 0.0894. The van der Waals surface area contributed by atoms with Crippen LogP contribution in [0.15, 0.2) is 170 Å². The van der Waals surface area contributed by atoms with Crippen molar-refractivity contribution in [2.75, 3.05) is 45.8 Å². The highest BCUT2D eigenvalue weighted by Crippen LogP contribution is 2.31. The zero-order valence-corrected chi connectivity index (χ0v) is 59.7. The summed E-state index contributed by atoms with van der Waals surface area (Å²) in [4.78, 5) is 199. The molecule has 0 heterocycles. The quantitative estimate of drug-likeness (QED) is 0.0271. The third kappa shape index (κ3) is 20.5. The Balaban J connectivity index is 1.34. The summed E-state index contributed by atoms with van der Waals surface area (Å²) in [6, 6.07) is 35.0. The fourth-order valence-electron chi connectivity index (χ4n) is 12.0. The summed E-state index contributed by atoms with van der Waals surface area (Å²) in [5, 5.41) is 3.18. The van der Waals surface area contributed by atoms with Gasteiger partial charge in [-0.3, -0.25) is 67.1 Å². The predicted molar refractivity (Wildman–Crippen MR) is 391 cm³/mol. The summed E-state index contributed by atoms with van der Waals surface area (Å²) < 4.78 is 0. The van der Waals surface area contributed by atoms with E-state index >= 15 is 19.2 Å². The Kier molecular flexibility index (Phi) is 27.1. The van der Waals surface area contributed by atoms with Crippen LogP contribution in [0.2, 0.25) is 0 Å². The Hall–Kier alpha value is -12.9. The molecule has 0 saturated carbocycles. The average molecular weight is 1450 g/mol. The van der Waals surface area contributed by atoms with Crippen LogP contribution in [0, 0.1) is 0 Å². The van der Waals surface area contributed by atoms with Crippen LogP contribution in [-0.4, -0.2) is 158 Å². The van der Waals surface area contributed by atoms with Crippen molar-refractivity contribution in [3.8, 4) is 0 Å². The van der Waals surface area contributed by atoms with Crippen LogP contribution in [0.1, 0.15) is 202 Å². The summed E-state index contributed by atoms with van der Waals surface area (Å²) in [6.45, 7) is 6.23. The smallest absolute Gasteiger partial charge is 0.248 e. The van der Waals surface area contributed by atoms with E-state index in [2.05, 4.69) is 5.32 Å². The van der Waals surface area contributed by atoms with E-state index in [0.29, 0.717) is 38.9 Å². The maximum absolute atomic E-state index is 16.0. The largest absolute Gasteiger partial charge is 0.368 e. The molecule has 0 bridgehead atoms. The molecule has 0 fully saturated rings. The maximum atomic E-state index is 16.0. The van der Waals surface area contributed by atoms with Gasteiger partial charge < -0.3 is 80.6 Å². The van der Waals surface area contributed by atoms with E-state index in [4.69, 9.17) is 45.9 Å². The van der Waals surface area contributed by atoms with Crippen LogP contribution in [0.5, 0.6) is 0 Å². The Morgan fingerprint density at radius 2 is 0.387 bits per heavy atom. The van der Waals surface area contributed by atoms with Gasteiger partial charge in [-0.15, -0.1) is 0 Å². The van der Waals surface area contributed by atoms with Gasteiger partial charge in [-0.2, -0.15) is 0 Å². The first-order valence-electron chi connectivity index (χ1n) is 33.6. The Bertz CT molecular complexity index is 4440. The van der Waals surface area contributed by atoms with Crippen LogP contribution in [0.3, 0.4) is 0 Å². The molecular weight excluding hydrogens is 1360 g/mol. The molecule has 29 heteroatoms. The number of rotatable bonds is 35. The first-order chi connectivity index (χ1) is 50.1. The molecule has 29 nitrogen and oxygen atoms in total. The van der Waals surface area contributed by atoms with Crippen molar-refractivity contribution in [3.05, 3.63) is 248 Å². The third-order valence-corrected chi connectivity index (χ3v) is 18.9. The van der Waals surface area contributed by atoms with E-state index in [0.717, 1.165) is 19.6 Å². The van der Waals surface area contributed by atoms with Crippen molar-refractivity contribution in [2.24, 2.45) is 45.9 Å². The summed E-state index contributed by atoms with van der Waals surface area (Å²) in [5.41, 5.74) is 48.9. The molecular formula is C77H87N15O14. The number of nitrogens with two attached hydrogens (primary N) is 8. The normalized spacial score (nSPS) is 13.0. The van der Waals surface area contributed by atoms with Crippen LogP contribution in [0.25, 0.3) is 0 Å². The third-order valence-electron chi connectivity index (χ3n) is 18.9. The number of nitrogens with one attached hydrogen (secondary N) is 1. The molecule has 106 heavy (non-hydrogen) atoms. The molecule has 554 valence electrons. The van der Waals surface area contributed by atoms with Crippen molar-refractivity contribution < 1.29 is 67.1 Å². The number of primary amides is 8. The van der Waals surface area contributed by atoms with E-state index in [1.165, 1.54) is 155 Å². The van der Waals surface area contributed by atoms with Crippen LogP contribution in [0.4, 0.5) is 0 Å². The lowest BCUT2D eigenvalue weighted by Crippen LogP contribution is -2.53. The fourth-order valence-corrected chi connectivity index (χ4v) is 12.0. The van der Waals surface area contributed by atoms with Gasteiger partial charge in [0.25, 0.3) is 0 Å². The molecule has 0 aromatic heterocycles. The molecule has 0 spiro atoms. The summed E-state index contributed by atoms with van der Waals surface area (Å²) in [5.74, 6) is -11.0. The maximum Gasteiger partial charge on any atom is 0.248 e. The fraction of sp³-hybridized carbons (Fsp3) is 0.273. The van der Waals surface area contributed by atoms with Gasteiger partial charge in [0.2, 0.25) is 82.7 Å². The highest BCUT2D eigenvalue weighted by atomic mass is 16.2. The zero-order chi connectivity index (χ0) is 78.1. The van der Waals surface area contributed by atoms with Gasteiger partial charge in [0.15, 0.2) is 0 Å². The number of benzene rings is 7. The molecule has 0 aliphatic heterocycles. The van der Waals surface area contributed by atoms with Crippen LogP contribution < -0.4 is 51.2 Å². The second-order valence-electron chi connectivity index (χ2n) is 25.7. The standard InChI is InChI=1S/C77H87N15O14/c1-43(50-8-22-57(23-9-50)71(79)100)86-36-65(94)88(45(3)52-12-26-59(27-13-52)73(81)102)38-67(96)90(47(5)54-16-30-61(31-17-54)75(83)104)40-69(98)92(49(7)56-20-34-63(35-21-56)77(85)106)42-70(99)91(48(6)55-18-32-62(33-19-55)76(84)105)41-68(97)89(46(4)53-14-28-60(29-15-53)74(82)103)39-66(95)87(37-64(78)93)44(2)51-10-24-58(25-11-51)72(80)101/h8-35,43-49,86H,36-42H2,1-7H3,(H2,78,93)(H2,79,100)(H2,80,101)(H2,81,102)(H2,82,103)(H2,83,104)(H2,84,105)(H2,85,106)/t43-,44-,45-,46-,47-,48-,49-/m0/s1. The monoisotopic (exact) mass is 1450 g/mol. The summed E-state index contributed by atoms with van der Waals surface area (Å²) >= 11 is 0. The van der Waals surface area contributed by atoms with E-state index in [9.17, 15) is 47.9 Å². The molecule has 7 aromatic carbocycles. The molecule has 0 unspecified atom stereocenters. The van der Waals surface area contributed by atoms with Crippen molar-refractivity contribution in [1.82, 2.24) is 34.7 Å². The molecule has 7 aromatic rings. The van der Waals surface area contributed by atoms with Crippen molar-refractivity contribution >= 4 is 82.7 Å². The second kappa shape index (κ2) is 35.8. The Morgan fingerprint density at radius 3 is 0.547 bits per heavy atom. The minimum atomic E-state index is -1.13. The van der Waals surface area contributed by atoms with Gasteiger partial charge in [-0.05, 0) is 172 Å². The zero-order valence-electron chi connectivity index (χ0n) is 59.7. The van der Waals surface area contributed by atoms with Gasteiger partial charge in [0, 0.05) is 45.0 Å². The van der Waals surface area contributed by atoms with Gasteiger partial charge in [-0.25, -0.2) is 0 Å². The van der Waals surface area contributed by atoms with Crippen LogP contribution >= 0.6 is 0 Å². The number of carbonyl (C=O) groups is 14. The first-order valence-corrected chi connectivity index (χ1v) is 33.6. The number of hydrogen-bond acceptors (Lipinski definition) is 15. The summed E-state index contributed by atoms with van der Waals surface area (Å²) in [7, 11) is 0. The lowest BCUT2D eigenvalue weighted by atomic mass is 10.0. The van der Waals surface area contributed by atoms with Crippen molar-refractivity contribution in [2.45, 2.75) is 90.8 Å². The van der Waals surface area contributed by atoms with Crippen molar-refractivity contribution in [1.29, 1.82) is 0 Å². The molecule has 0 saturated heterocycles. The van der Waals surface area contributed by atoms with Gasteiger partial charge in [0.1, 0.15) is 32.7 Å². The van der Waals surface area contributed by atoms with E-state index in [1.807, 2.05) is 0 Å². The molecule has 0 aliphatic carbocycles. The Morgan fingerprint density at radius 1 is 0.236 bits per heavy atom. The molecule has 0 radical (unpaired) electrons. The first kappa shape index (κ1) is 80.4. The number of nitrogens with zero attached hydrogens (tertiary/aromatic N) is 6. The minimum Gasteiger partial charge on any atom is -0.368 e. The van der Waals surface area contributed by atoms with Gasteiger partial charge >= 0.3 is 0 Å². The molecule has 7 rings (SSSR count). The Labute approximate surface area is 612 Å².